The number of hydrogen-bond acceptors (Lipinski definition) is 5. The number of nitrogens with one attached hydrogen (secondary N) is 1. The second-order valence-corrected chi connectivity index (χ2v) is 10.8. The number of aromatic nitrogens is 2. The van der Waals surface area contributed by atoms with Gasteiger partial charge in [0.2, 0.25) is 10.0 Å². The number of sulfonamides is 1. The number of rotatable bonds is 5. The highest BCUT2D eigenvalue weighted by Gasteiger charge is 2.48. The first-order valence-corrected chi connectivity index (χ1v) is 12.2. The number of carbonyl (C=O) groups is 1. The number of amides is 1. The van der Waals surface area contributed by atoms with Crippen molar-refractivity contribution in [3.63, 3.8) is 0 Å². The number of benzene rings is 1. The van der Waals surface area contributed by atoms with E-state index in [9.17, 15) is 13.2 Å². The van der Waals surface area contributed by atoms with E-state index in [-0.39, 0.29) is 5.91 Å². The Morgan fingerprint density at radius 2 is 2.06 bits per heavy atom. The van der Waals surface area contributed by atoms with Crippen LogP contribution < -0.4 is 5.32 Å². The molecule has 0 radical (unpaired) electrons. The summed E-state index contributed by atoms with van der Waals surface area (Å²) in [5.74, 6) is 0.982. The summed E-state index contributed by atoms with van der Waals surface area (Å²) in [5.41, 5.74) is 0.141. The van der Waals surface area contributed by atoms with Crippen LogP contribution in [0.15, 0.2) is 41.6 Å². The topological polar surface area (TPSA) is 93.5 Å². The maximum atomic E-state index is 13.1. The van der Waals surface area contributed by atoms with E-state index in [0.717, 1.165) is 11.4 Å². The number of aryl methyl sites for hydroxylation is 1. The molecule has 8 nitrogen and oxygen atoms in total. The molecule has 0 aliphatic carbocycles. The Balaban J connectivity index is 1.53. The van der Waals surface area contributed by atoms with Crippen LogP contribution in [0.3, 0.4) is 0 Å². The second-order valence-electron chi connectivity index (χ2n) is 8.86. The van der Waals surface area contributed by atoms with Crippen molar-refractivity contribution < 1.29 is 17.9 Å². The highest BCUT2D eigenvalue weighted by molar-refractivity contribution is 7.89. The number of ether oxygens (including phenoxy) is 1. The number of hydrogen-bond donors (Lipinski definition) is 1. The molecule has 2 aliphatic heterocycles. The summed E-state index contributed by atoms with van der Waals surface area (Å²) in [6.07, 6.45) is 3.84. The number of nitrogens with zero attached hydrogens (tertiary/aromatic N) is 3. The Labute approximate surface area is 183 Å². The van der Waals surface area contributed by atoms with E-state index in [1.165, 1.54) is 4.31 Å². The van der Waals surface area contributed by atoms with Crippen LogP contribution >= 0.6 is 0 Å². The van der Waals surface area contributed by atoms with Crippen LogP contribution in [0, 0.1) is 12.8 Å². The number of carbonyl (C=O) groups excluding carboxylic acids is 1. The monoisotopic (exact) mass is 446 g/mol. The van der Waals surface area contributed by atoms with E-state index in [0.29, 0.717) is 49.8 Å². The van der Waals surface area contributed by atoms with E-state index < -0.39 is 21.7 Å². The zero-order valence-electron chi connectivity index (χ0n) is 18.2. The maximum absolute atomic E-state index is 13.1. The lowest BCUT2D eigenvalue weighted by Crippen LogP contribution is -2.54. The third-order valence-electron chi connectivity index (χ3n) is 5.99. The molecule has 1 aromatic carbocycles. The summed E-state index contributed by atoms with van der Waals surface area (Å²) in [4.78, 5) is 17.5. The van der Waals surface area contributed by atoms with Gasteiger partial charge < -0.3 is 14.6 Å². The second kappa shape index (κ2) is 8.37. The van der Waals surface area contributed by atoms with Crippen LogP contribution in [0.2, 0.25) is 0 Å². The molecule has 1 amide bonds. The van der Waals surface area contributed by atoms with E-state index in [1.807, 2.05) is 37.6 Å². The van der Waals surface area contributed by atoms with E-state index in [4.69, 9.17) is 4.74 Å². The summed E-state index contributed by atoms with van der Waals surface area (Å²) in [6, 6.07) is 6.96. The SMILES string of the molecule is Cc1cccc(S(=O)(=O)N2CCC3(CC2)OC(C(=O)NCC(C)C)Cn2ccnc23)c1. The van der Waals surface area contributed by atoms with Crippen molar-refractivity contribution in [3.05, 3.63) is 48.0 Å². The quantitative estimate of drug-likeness (QED) is 0.759. The molecule has 1 spiro atoms. The predicted octanol–water partition coefficient (Wildman–Crippen LogP) is 2.04. The number of fused-ring (bicyclic) bond motifs is 2. The highest BCUT2D eigenvalue weighted by Crippen LogP contribution is 2.41. The van der Waals surface area contributed by atoms with Crippen molar-refractivity contribution in [2.75, 3.05) is 19.6 Å². The first kappa shape index (κ1) is 22.0. The van der Waals surface area contributed by atoms with E-state index in [1.54, 1.807) is 24.4 Å². The van der Waals surface area contributed by atoms with Gasteiger partial charge in [-0.3, -0.25) is 4.79 Å². The van der Waals surface area contributed by atoms with Gasteiger partial charge >= 0.3 is 0 Å². The fourth-order valence-corrected chi connectivity index (χ4v) is 5.85. The molecule has 3 heterocycles. The highest BCUT2D eigenvalue weighted by atomic mass is 32.2. The van der Waals surface area contributed by atoms with Gasteiger partial charge in [0.15, 0.2) is 6.10 Å². The molecule has 9 heteroatoms. The number of piperidine rings is 1. The van der Waals surface area contributed by atoms with Gasteiger partial charge in [-0.15, -0.1) is 0 Å². The fourth-order valence-electron chi connectivity index (χ4n) is 4.31. The van der Waals surface area contributed by atoms with Gasteiger partial charge in [-0.25, -0.2) is 13.4 Å². The molecule has 31 heavy (non-hydrogen) atoms. The van der Waals surface area contributed by atoms with Crippen molar-refractivity contribution in [2.45, 2.75) is 56.8 Å². The Kier molecular flexibility index (Phi) is 5.93. The average Bonchev–Trinajstić information content (AvgIpc) is 3.22. The minimum atomic E-state index is -3.58. The van der Waals surface area contributed by atoms with Crippen molar-refractivity contribution in [2.24, 2.45) is 5.92 Å². The summed E-state index contributed by atoms with van der Waals surface area (Å²) < 4.78 is 36.1. The van der Waals surface area contributed by atoms with Gasteiger partial charge in [0.05, 0.1) is 11.4 Å². The van der Waals surface area contributed by atoms with Gasteiger partial charge in [-0.2, -0.15) is 4.31 Å². The Morgan fingerprint density at radius 1 is 1.32 bits per heavy atom. The third-order valence-corrected chi connectivity index (χ3v) is 7.88. The molecule has 168 valence electrons. The lowest BCUT2D eigenvalue weighted by atomic mass is 9.89. The van der Waals surface area contributed by atoms with Gasteiger partial charge in [0.25, 0.3) is 5.91 Å². The first-order chi connectivity index (χ1) is 14.7. The summed E-state index contributed by atoms with van der Waals surface area (Å²) in [5, 5.41) is 2.95. The zero-order valence-corrected chi connectivity index (χ0v) is 19.1. The Hall–Kier alpha value is -2.23. The van der Waals surface area contributed by atoms with Gasteiger partial charge in [0.1, 0.15) is 11.4 Å². The molecule has 4 rings (SSSR count). The molecule has 1 aromatic heterocycles. The molecule has 2 aromatic rings. The molecule has 0 bridgehead atoms. The summed E-state index contributed by atoms with van der Waals surface area (Å²) in [7, 11) is -3.58. The van der Waals surface area contributed by atoms with Crippen molar-refractivity contribution in [1.82, 2.24) is 19.2 Å². The average molecular weight is 447 g/mol. The largest absolute Gasteiger partial charge is 0.354 e. The van der Waals surface area contributed by atoms with Crippen LogP contribution in [0.1, 0.15) is 38.1 Å². The lowest BCUT2D eigenvalue weighted by Gasteiger charge is -2.45. The van der Waals surface area contributed by atoms with E-state index >= 15 is 0 Å². The molecule has 0 saturated carbocycles. The van der Waals surface area contributed by atoms with Crippen LogP contribution in [-0.4, -0.2) is 53.9 Å². The zero-order chi connectivity index (χ0) is 22.2. The minimum absolute atomic E-state index is 0.137. The van der Waals surface area contributed by atoms with Gasteiger partial charge in [0, 0.05) is 32.0 Å². The normalized spacial score (nSPS) is 21.2. The first-order valence-electron chi connectivity index (χ1n) is 10.8. The van der Waals surface area contributed by atoms with Crippen LogP contribution in [-0.2, 0) is 31.7 Å². The Morgan fingerprint density at radius 3 is 2.74 bits per heavy atom. The minimum Gasteiger partial charge on any atom is -0.354 e. The van der Waals surface area contributed by atoms with Crippen molar-refractivity contribution in [1.29, 1.82) is 0 Å². The van der Waals surface area contributed by atoms with Crippen LogP contribution in [0.4, 0.5) is 0 Å². The molecule has 1 atom stereocenters. The molecule has 1 fully saturated rings. The van der Waals surface area contributed by atoms with E-state index in [2.05, 4.69) is 10.3 Å². The smallest absolute Gasteiger partial charge is 0.251 e. The number of imidazole rings is 1. The maximum Gasteiger partial charge on any atom is 0.251 e. The standard InChI is InChI=1S/C22H30N4O4S/c1-16(2)14-24-20(27)19-15-25-12-9-23-21(25)22(30-19)7-10-26(11-8-22)31(28,29)18-6-4-5-17(3)13-18/h4-6,9,12-13,16,19H,7-8,10-11,14-15H2,1-3H3,(H,24,27). The Bertz CT molecular complexity index is 1050. The van der Waals surface area contributed by atoms with Crippen LogP contribution in [0.5, 0.6) is 0 Å². The molecule has 1 unspecified atom stereocenters. The molecular weight excluding hydrogens is 416 g/mol. The predicted molar refractivity (Wildman–Crippen MR) is 116 cm³/mol. The van der Waals surface area contributed by atoms with Gasteiger partial charge in [-0.05, 0) is 43.4 Å². The summed E-state index contributed by atoms with van der Waals surface area (Å²) >= 11 is 0. The molecular formula is C22H30N4O4S. The molecule has 1 saturated heterocycles. The molecule has 1 N–H and O–H groups in total. The van der Waals surface area contributed by atoms with Crippen LogP contribution in [0.25, 0.3) is 0 Å². The van der Waals surface area contributed by atoms with Crippen molar-refractivity contribution in [3.8, 4) is 0 Å². The third kappa shape index (κ3) is 4.26. The van der Waals surface area contributed by atoms with Gasteiger partial charge in [-0.1, -0.05) is 26.0 Å². The lowest BCUT2D eigenvalue weighted by molar-refractivity contribution is -0.170. The molecule has 2 aliphatic rings. The fraction of sp³-hybridized carbons (Fsp3) is 0.545. The van der Waals surface area contributed by atoms with Crippen molar-refractivity contribution >= 4 is 15.9 Å². The summed E-state index contributed by atoms with van der Waals surface area (Å²) in [6.45, 7) is 7.58.